The van der Waals surface area contributed by atoms with Crippen molar-refractivity contribution in [3.8, 4) is 11.5 Å². The minimum absolute atomic E-state index is 0.110. The van der Waals surface area contributed by atoms with Gasteiger partial charge in [0, 0.05) is 24.7 Å². The first-order valence-corrected chi connectivity index (χ1v) is 8.04. The fourth-order valence-corrected chi connectivity index (χ4v) is 2.90. The van der Waals surface area contributed by atoms with Crippen molar-refractivity contribution in [2.45, 2.75) is 25.9 Å². The molecule has 4 rings (SSSR count). The molecular weight excluding hydrogens is 304 g/mol. The number of amidine groups is 1. The minimum atomic E-state index is -0.110. The van der Waals surface area contributed by atoms with Gasteiger partial charge < -0.3 is 19.1 Å². The van der Waals surface area contributed by atoms with Crippen LogP contribution in [0.25, 0.3) is 0 Å². The molecule has 5 heteroatoms. The maximum Gasteiger partial charge on any atom is 0.226 e. The summed E-state index contributed by atoms with van der Waals surface area (Å²) < 4.78 is 16.4. The van der Waals surface area contributed by atoms with E-state index in [2.05, 4.69) is 11.0 Å². The van der Waals surface area contributed by atoms with Gasteiger partial charge in [-0.3, -0.25) is 0 Å². The average molecular weight is 324 g/mol. The Morgan fingerprint density at radius 1 is 1.17 bits per heavy atom. The molecule has 2 unspecified atom stereocenters. The second kappa shape index (κ2) is 5.83. The third-order valence-electron chi connectivity index (χ3n) is 4.31. The van der Waals surface area contributed by atoms with Crippen molar-refractivity contribution in [1.29, 1.82) is 0 Å². The van der Waals surface area contributed by atoms with Crippen LogP contribution in [0.1, 0.15) is 18.1 Å². The van der Waals surface area contributed by atoms with Gasteiger partial charge in [0.05, 0.1) is 7.11 Å². The largest absolute Gasteiger partial charge is 0.494 e. The molecule has 0 bridgehead atoms. The Bertz CT molecular complexity index is 786. The van der Waals surface area contributed by atoms with Crippen LogP contribution in [0.5, 0.6) is 11.5 Å². The van der Waals surface area contributed by atoms with Crippen LogP contribution in [0, 0.1) is 0 Å². The predicted molar refractivity (Wildman–Crippen MR) is 92.1 cm³/mol. The molecule has 0 N–H and O–H groups in total. The molecule has 24 heavy (non-hydrogen) atoms. The van der Waals surface area contributed by atoms with Crippen LogP contribution in [0.2, 0.25) is 0 Å². The summed E-state index contributed by atoms with van der Waals surface area (Å²) in [6.07, 6.45) is 0.0733. The molecule has 2 heterocycles. The highest BCUT2D eigenvalue weighted by Crippen LogP contribution is 2.36. The Kier molecular flexibility index (Phi) is 3.65. The lowest BCUT2D eigenvalue weighted by Gasteiger charge is -2.27. The second-order valence-electron chi connectivity index (χ2n) is 6.11. The lowest BCUT2D eigenvalue weighted by Crippen LogP contribution is -2.29. The third-order valence-corrected chi connectivity index (χ3v) is 4.31. The Morgan fingerprint density at radius 3 is 2.58 bits per heavy atom. The standard InChI is InChI=1S/C19H20N2O3/c1-12-19(23-12)24-15-9-7-13(8-10-15)18-20-17-14(11-21(18)2)5-4-6-16(17)22-3/h4-10,12,19H,11H2,1-3H3. The van der Waals surface area contributed by atoms with Crippen molar-refractivity contribution in [2.75, 3.05) is 14.2 Å². The van der Waals surface area contributed by atoms with Crippen molar-refractivity contribution in [2.24, 2.45) is 4.99 Å². The average Bonchev–Trinajstić information content (AvgIpc) is 3.29. The maximum atomic E-state index is 5.70. The molecule has 5 nitrogen and oxygen atoms in total. The molecular formula is C19H20N2O3. The fourth-order valence-electron chi connectivity index (χ4n) is 2.90. The van der Waals surface area contributed by atoms with E-state index in [1.807, 2.05) is 50.4 Å². The van der Waals surface area contributed by atoms with Crippen molar-refractivity contribution in [3.05, 3.63) is 53.6 Å². The molecule has 0 aromatic heterocycles. The van der Waals surface area contributed by atoms with Gasteiger partial charge in [0.15, 0.2) is 0 Å². The van der Waals surface area contributed by atoms with Crippen LogP contribution in [-0.4, -0.2) is 37.3 Å². The van der Waals surface area contributed by atoms with Crippen LogP contribution in [0.3, 0.4) is 0 Å². The second-order valence-corrected chi connectivity index (χ2v) is 6.11. The number of hydrogen-bond donors (Lipinski definition) is 0. The first kappa shape index (κ1) is 15.0. The number of methoxy groups -OCH3 is 1. The van der Waals surface area contributed by atoms with E-state index in [4.69, 9.17) is 19.2 Å². The van der Waals surface area contributed by atoms with Gasteiger partial charge in [-0.15, -0.1) is 0 Å². The SMILES string of the molecule is COc1cccc2c1N=C(c1ccc(OC3OC3C)cc1)N(C)C2. The van der Waals surface area contributed by atoms with Gasteiger partial charge in [-0.1, -0.05) is 12.1 Å². The van der Waals surface area contributed by atoms with Gasteiger partial charge in [0.25, 0.3) is 0 Å². The zero-order valence-corrected chi connectivity index (χ0v) is 14.0. The van der Waals surface area contributed by atoms with E-state index in [0.717, 1.165) is 35.1 Å². The highest BCUT2D eigenvalue weighted by molar-refractivity contribution is 6.01. The van der Waals surface area contributed by atoms with E-state index < -0.39 is 0 Å². The van der Waals surface area contributed by atoms with Gasteiger partial charge in [0.2, 0.25) is 6.29 Å². The Balaban J connectivity index is 1.63. The third kappa shape index (κ3) is 2.71. The molecule has 1 saturated heterocycles. The molecule has 124 valence electrons. The molecule has 2 atom stereocenters. The number of rotatable bonds is 4. The number of aliphatic imine (C=N–C) groups is 1. The lowest BCUT2D eigenvalue weighted by atomic mass is 10.1. The van der Waals surface area contributed by atoms with E-state index >= 15 is 0 Å². The number of para-hydroxylation sites is 1. The van der Waals surface area contributed by atoms with E-state index in [9.17, 15) is 0 Å². The smallest absolute Gasteiger partial charge is 0.226 e. The van der Waals surface area contributed by atoms with Crippen molar-refractivity contribution < 1.29 is 14.2 Å². The summed E-state index contributed by atoms with van der Waals surface area (Å²) in [5.74, 6) is 2.54. The zero-order valence-electron chi connectivity index (χ0n) is 14.0. The predicted octanol–water partition coefficient (Wildman–Crippen LogP) is 3.34. The molecule has 1 fully saturated rings. The minimum Gasteiger partial charge on any atom is -0.494 e. The van der Waals surface area contributed by atoms with Crippen molar-refractivity contribution in [1.82, 2.24) is 4.90 Å². The molecule has 0 saturated carbocycles. The fraction of sp³-hybridized carbons (Fsp3) is 0.316. The molecule has 2 aromatic carbocycles. The van der Waals surface area contributed by atoms with E-state index in [1.54, 1.807) is 7.11 Å². The summed E-state index contributed by atoms with van der Waals surface area (Å²) in [7, 11) is 3.72. The zero-order chi connectivity index (χ0) is 16.7. The molecule has 2 aromatic rings. The van der Waals surface area contributed by atoms with Crippen LogP contribution in [0.4, 0.5) is 5.69 Å². The van der Waals surface area contributed by atoms with Crippen LogP contribution in [-0.2, 0) is 11.3 Å². The molecule has 0 spiro atoms. The summed E-state index contributed by atoms with van der Waals surface area (Å²) in [6.45, 7) is 2.80. The topological polar surface area (TPSA) is 46.6 Å². The Labute approximate surface area is 141 Å². The molecule has 0 aliphatic carbocycles. The molecule has 0 radical (unpaired) electrons. The van der Waals surface area contributed by atoms with Crippen LogP contribution < -0.4 is 9.47 Å². The van der Waals surface area contributed by atoms with Gasteiger partial charge in [-0.25, -0.2) is 4.99 Å². The van der Waals surface area contributed by atoms with Gasteiger partial charge in [-0.2, -0.15) is 0 Å². The summed E-state index contributed by atoms with van der Waals surface area (Å²) in [4.78, 5) is 6.98. The van der Waals surface area contributed by atoms with Gasteiger partial charge in [0.1, 0.15) is 29.1 Å². The van der Waals surface area contributed by atoms with Crippen LogP contribution in [0.15, 0.2) is 47.5 Å². The first-order chi connectivity index (χ1) is 11.7. The van der Waals surface area contributed by atoms with E-state index in [0.29, 0.717) is 0 Å². The lowest BCUT2D eigenvalue weighted by molar-refractivity contribution is 0.178. The Morgan fingerprint density at radius 2 is 1.92 bits per heavy atom. The van der Waals surface area contributed by atoms with E-state index in [1.165, 1.54) is 5.56 Å². The highest BCUT2D eigenvalue weighted by atomic mass is 16.8. The number of benzene rings is 2. The summed E-state index contributed by atoms with van der Waals surface area (Å²) in [5, 5.41) is 0. The van der Waals surface area contributed by atoms with Gasteiger partial charge in [-0.05, 0) is 37.3 Å². The van der Waals surface area contributed by atoms with Crippen molar-refractivity contribution >= 4 is 11.5 Å². The molecule has 0 amide bonds. The normalized spacial score (nSPS) is 21.8. The van der Waals surface area contributed by atoms with Crippen molar-refractivity contribution in [3.63, 3.8) is 0 Å². The maximum absolute atomic E-state index is 5.70. The summed E-state index contributed by atoms with van der Waals surface area (Å²) in [6, 6.07) is 14.0. The number of nitrogens with zero attached hydrogens (tertiary/aromatic N) is 2. The number of epoxide rings is 1. The number of ether oxygens (including phenoxy) is 3. The van der Waals surface area contributed by atoms with Crippen LogP contribution >= 0.6 is 0 Å². The van der Waals surface area contributed by atoms with Gasteiger partial charge >= 0.3 is 0 Å². The summed E-state index contributed by atoms with van der Waals surface area (Å²) in [5.41, 5.74) is 3.13. The highest BCUT2D eigenvalue weighted by Gasteiger charge is 2.36. The Hall–Kier alpha value is -2.53. The monoisotopic (exact) mass is 324 g/mol. The quantitative estimate of drug-likeness (QED) is 0.809. The number of fused-ring (bicyclic) bond motifs is 1. The first-order valence-electron chi connectivity index (χ1n) is 8.04. The number of hydrogen-bond acceptors (Lipinski definition) is 5. The van der Waals surface area contributed by atoms with E-state index in [-0.39, 0.29) is 12.4 Å². The summed E-state index contributed by atoms with van der Waals surface area (Å²) >= 11 is 0. The molecule has 2 aliphatic heterocycles. The molecule has 2 aliphatic rings.